The maximum atomic E-state index is 6.09. The second kappa shape index (κ2) is 6.76. The summed E-state index contributed by atoms with van der Waals surface area (Å²) in [5.74, 6) is 1.83. The molecule has 0 fully saturated rings. The number of hydrogen-bond acceptors (Lipinski definition) is 7. The number of para-hydroxylation sites is 2. The van der Waals surface area contributed by atoms with E-state index in [1.165, 1.54) is 6.33 Å². The maximum Gasteiger partial charge on any atom is 0.169 e. The lowest BCUT2D eigenvalue weighted by molar-refractivity contribution is 0.342. The highest BCUT2D eigenvalue weighted by atomic mass is 16.5. The highest BCUT2D eigenvalue weighted by molar-refractivity contribution is 5.78. The average Bonchev–Trinajstić information content (AvgIpc) is 2.45. The summed E-state index contributed by atoms with van der Waals surface area (Å²) in [6.07, 6.45) is 1.45. The van der Waals surface area contributed by atoms with Gasteiger partial charge in [0.05, 0.1) is 12.3 Å². The predicted molar refractivity (Wildman–Crippen MR) is 84.6 cm³/mol. The van der Waals surface area contributed by atoms with Crippen LogP contribution in [0.1, 0.15) is 6.92 Å². The third kappa shape index (κ3) is 3.73. The third-order valence-corrected chi connectivity index (χ3v) is 2.65. The minimum absolute atomic E-state index is 0.442. The molecular weight excluding hydrogens is 268 g/mol. The molecule has 0 aliphatic heterocycles. The van der Waals surface area contributed by atoms with Crippen LogP contribution >= 0.6 is 0 Å². The van der Waals surface area contributed by atoms with Crippen molar-refractivity contribution in [1.29, 1.82) is 0 Å². The fourth-order valence-corrected chi connectivity index (χ4v) is 1.77. The van der Waals surface area contributed by atoms with Crippen molar-refractivity contribution < 1.29 is 4.74 Å². The topological polar surface area (TPSA) is 88.3 Å². The first-order chi connectivity index (χ1) is 10.1. The van der Waals surface area contributed by atoms with Crippen molar-refractivity contribution in [2.24, 2.45) is 0 Å². The molecule has 0 atom stereocenters. The summed E-state index contributed by atoms with van der Waals surface area (Å²) in [6.45, 7) is 2.53. The number of rotatable bonds is 6. The van der Waals surface area contributed by atoms with Gasteiger partial charge in [0.2, 0.25) is 0 Å². The molecule has 0 aliphatic carbocycles. The van der Waals surface area contributed by atoms with E-state index >= 15 is 0 Å². The molecule has 0 amide bonds. The third-order valence-electron chi connectivity index (χ3n) is 2.65. The first-order valence-electron chi connectivity index (χ1n) is 6.65. The van der Waals surface area contributed by atoms with E-state index < -0.39 is 0 Å². The Kier molecular flexibility index (Phi) is 4.78. The summed E-state index contributed by atoms with van der Waals surface area (Å²) in [4.78, 5) is 8.30. The lowest BCUT2D eigenvalue weighted by Gasteiger charge is -2.17. The van der Waals surface area contributed by atoms with Crippen LogP contribution in [0, 0.1) is 0 Å². The van der Waals surface area contributed by atoms with Gasteiger partial charge in [0.1, 0.15) is 17.8 Å². The summed E-state index contributed by atoms with van der Waals surface area (Å²) in [7, 11) is 3.72. The van der Waals surface area contributed by atoms with E-state index in [2.05, 4.69) is 20.7 Å². The fourth-order valence-electron chi connectivity index (χ4n) is 1.77. The Bertz CT molecular complexity index is 602. The van der Waals surface area contributed by atoms with Crippen LogP contribution in [0.4, 0.5) is 23.0 Å². The zero-order valence-corrected chi connectivity index (χ0v) is 12.4. The van der Waals surface area contributed by atoms with Gasteiger partial charge >= 0.3 is 0 Å². The lowest BCUT2D eigenvalue weighted by atomic mass is 10.3. The molecule has 7 nitrogen and oxygen atoms in total. The molecule has 1 aromatic heterocycles. The van der Waals surface area contributed by atoms with Crippen LogP contribution in [-0.2, 0) is 0 Å². The molecule has 2 aromatic rings. The van der Waals surface area contributed by atoms with Gasteiger partial charge in [0.25, 0.3) is 0 Å². The first-order valence-corrected chi connectivity index (χ1v) is 6.65. The molecule has 1 aromatic carbocycles. The van der Waals surface area contributed by atoms with Crippen LogP contribution in [-0.4, -0.2) is 35.7 Å². The van der Waals surface area contributed by atoms with Crippen molar-refractivity contribution in [3.8, 4) is 5.75 Å². The number of nitrogens with two attached hydrogens (primary N) is 1. The van der Waals surface area contributed by atoms with E-state index in [4.69, 9.17) is 10.5 Å². The summed E-state index contributed by atoms with van der Waals surface area (Å²) >= 11 is 0. The molecule has 7 heteroatoms. The number of aromatic nitrogens is 2. The molecule has 0 radical (unpaired) electrons. The molecular formula is C14H20N6O. The Balaban J connectivity index is 2.28. The van der Waals surface area contributed by atoms with E-state index in [1.807, 2.05) is 45.3 Å². The lowest BCUT2D eigenvalue weighted by Crippen LogP contribution is -2.21. The SMILES string of the molecule is CCOc1ccccc1Nc1ncnc(NN(C)C)c1N. The number of benzene rings is 1. The molecule has 0 saturated carbocycles. The average molecular weight is 288 g/mol. The van der Waals surface area contributed by atoms with Crippen molar-refractivity contribution in [1.82, 2.24) is 15.0 Å². The quantitative estimate of drug-likeness (QED) is 0.701. The van der Waals surface area contributed by atoms with Gasteiger partial charge in [0, 0.05) is 14.1 Å². The summed E-state index contributed by atoms with van der Waals surface area (Å²) in [6, 6.07) is 7.63. The van der Waals surface area contributed by atoms with Crippen molar-refractivity contribution in [2.75, 3.05) is 37.2 Å². The Morgan fingerprint density at radius 3 is 2.62 bits per heavy atom. The normalized spacial score (nSPS) is 10.5. The van der Waals surface area contributed by atoms with Crippen LogP contribution in [0.3, 0.4) is 0 Å². The summed E-state index contributed by atoms with van der Waals surface area (Å²) in [5, 5.41) is 4.94. The van der Waals surface area contributed by atoms with Gasteiger partial charge in [0.15, 0.2) is 11.6 Å². The molecule has 0 bridgehead atoms. The smallest absolute Gasteiger partial charge is 0.169 e. The van der Waals surface area contributed by atoms with E-state index in [-0.39, 0.29) is 0 Å². The Labute approximate surface area is 124 Å². The number of hydrogen-bond donors (Lipinski definition) is 3. The minimum Gasteiger partial charge on any atom is -0.492 e. The van der Waals surface area contributed by atoms with Gasteiger partial charge < -0.3 is 21.2 Å². The van der Waals surface area contributed by atoms with E-state index in [1.54, 1.807) is 5.01 Å². The number of nitrogens with one attached hydrogen (secondary N) is 2. The van der Waals surface area contributed by atoms with Crippen molar-refractivity contribution in [3.63, 3.8) is 0 Å². The molecule has 0 unspecified atom stereocenters. The molecule has 0 saturated heterocycles. The summed E-state index contributed by atoms with van der Waals surface area (Å²) in [5.41, 5.74) is 10.4. The van der Waals surface area contributed by atoms with Crippen LogP contribution in [0.2, 0.25) is 0 Å². The van der Waals surface area contributed by atoms with Gasteiger partial charge in [-0.3, -0.25) is 0 Å². The molecule has 4 N–H and O–H groups in total. The van der Waals surface area contributed by atoms with Gasteiger partial charge in [-0.05, 0) is 19.1 Å². The molecule has 0 aliphatic rings. The van der Waals surface area contributed by atoms with E-state index in [0.29, 0.717) is 23.9 Å². The van der Waals surface area contributed by atoms with E-state index in [9.17, 15) is 0 Å². The highest BCUT2D eigenvalue weighted by Crippen LogP contribution is 2.30. The van der Waals surface area contributed by atoms with E-state index in [0.717, 1.165) is 11.4 Å². The number of anilines is 4. The zero-order chi connectivity index (χ0) is 15.2. The first kappa shape index (κ1) is 14.9. The fraction of sp³-hybridized carbons (Fsp3) is 0.286. The Morgan fingerprint density at radius 2 is 1.90 bits per heavy atom. The van der Waals surface area contributed by atoms with Crippen LogP contribution < -0.4 is 21.2 Å². The van der Waals surface area contributed by atoms with Crippen LogP contribution in [0.15, 0.2) is 30.6 Å². The largest absolute Gasteiger partial charge is 0.492 e. The molecule has 1 heterocycles. The molecule has 0 spiro atoms. The minimum atomic E-state index is 0.442. The van der Waals surface area contributed by atoms with Gasteiger partial charge in [-0.15, -0.1) is 0 Å². The number of ether oxygens (including phenoxy) is 1. The number of nitrogen functional groups attached to an aromatic ring is 1. The van der Waals surface area contributed by atoms with Gasteiger partial charge in [-0.2, -0.15) is 0 Å². The Hall–Kier alpha value is -2.54. The Morgan fingerprint density at radius 1 is 1.19 bits per heavy atom. The highest BCUT2D eigenvalue weighted by Gasteiger charge is 2.10. The molecule has 21 heavy (non-hydrogen) atoms. The van der Waals surface area contributed by atoms with Crippen molar-refractivity contribution in [3.05, 3.63) is 30.6 Å². The summed E-state index contributed by atoms with van der Waals surface area (Å²) < 4.78 is 5.57. The number of hydrazine groups is 1. The maximum absolute atomic E-state index is 6.09. The monoisotopic (exact) mass is 288 g/mol. The second-order valence-electron chi connectivity index (χ2n) is 4.54. The van der Waals surface area contributed by atoms with Crippen LogP contribution in [0.25, 0.3) is 0 Å². The van der Waals surface area contributed by atoms with Crippen molar-refractivity contribution >= 4 is 23.0 Å². The number of nitrogens with zero attached hydrogens (tertiary/aromatic N) is 3. The van der Waals surface area contributed by atoms with Crippen molar-refractivity contribution in [2.45, 2.75) is 6.92 Å². The zero-order valence-electron chi connectivity index (χ0n) is 12.4. The van der Waals surface area contributed by atoms with Crippen LogP contribution in [0.5, 0.6) is 5.75 Å². The van der Waals surface area contributed by atoms with Gasteiger partial charge in [-0.1, -0.05) is 12.1 Å². The predicted octanol–water partition coefficient (Wildman–Crippen LogP) is 2.09. The van der Waals surface area contributed by atoms with Gasteiger partial charge in [-0.25, -0.2) is 15.0 Å². The molecule has 2 rings (SSSR count). The second-order valence-corrected chi connectivity index (χ2v) is 4.54. The standard InChI is InChI=1S/C14H20N6O/c1-4-21-11-8-6-5-7-10(11)18-13-12(15)14(17-9-16-13)19-20(2)3/h5-9H,4,15H2,1-3H3,(H2,16,17,18,19). The molecule has 112 valence electrons.